The number of amides is 1. The highest BCUT2D eigenvalue weighted by atomic mass is 32.2. The van der Waals surface area contributed by atoms with Crippen LogP contribution in [0.5, 0.6) is 5.75 Å². The first kappa shape index (κ1) is 22.5. The summed E-state index contributed by atoms with van der Waals surface area (Å²) in [5, 5.41) is 3.29. The van der Waals surface area contributed by atoms with Crippen LogP contribution in [0, 0.1) is 5.82 Å². The molecule has 3 aromatic carbocycles. The van der Waals surface area contributed by atoms with Crippen molar-refractivity contribution in [3.05, 3.63) is 90.4 Å². The SMILES string of the molecule is CCOc1ccc(NC(=O)Cn2cc(S(=O)(=O)Cc3ccccc3F)c3ccccc32)cc1. The molecule has 0 atom stereocenters. The number of hydrogen-bond donors (Lipinski definition) is 1. The Labute approximate surface area is 191 Å². The van der Waals surface area contributed by atoms with Gasteiger partial charge < -0.3 is 14.6 Å². The molecule has 0 spiro atoms. The van der Waals surface area contributed by atoms with Gasteiger partial charge >= 0.3 is 0 Å². The van der Waals surface area contributed by atoms with E-state index in [-0.39, 0.29) is 22.9 Å². The van der Waals surface area contributed by atoms with Gasteiger partial charge in [0.25, 0.3) is 0 Å². The number of fused-ring (bicyclic) bond motifs is 1. The van der Waals surface area contributed by atoms with Crippen molar-refractivity contribution >= 4 is 32.3 Å². The van der Waals surface area contributed by atoms with Crippen molar-refractivity contribution in [3.8, 4) is 5.75 Å². The summed E-state index contributed by atoms with van der Waals surface area (Å²) in [6.07, 6.45) is 1.44. The molecule has 33 heavy (non-hydrogen) atoms. The van der Waals surface area contributed by atoms with E-state index in [0.717, 1.165) is 0 Å². The summed E-state index contributed by atoms with van der Waals surface area (Å²) >= 11 is 0. The first-order valence-corrected chi connectivity index (χ1v) is 12.1. The number of carbonyl (C=O) groups excluding carboxylic acids is 1. The van der Waals surface area contributed by atoms with Gasteiger partial charge in [0.15, 0.2) is 9.84 Å². The summed E-state index contributed by atoms with van der Waals surface area (Å²) < 4.78 is 47.4. The average molecular weight is 467 g/mol. The third-order valence-corrected chi connectivity index (χ3v) is 6.84. The molecule has 0 fully saturated rings. The van der Waals surface area contributed by atoms with Crippen LogP contribution >= 0.6 is 0 Å². The molecule has 0 saturated carbocycles. The second-order valence-corrected chi connectivity index (χ2v) is 9.45. The molecule has 4 rings (SSSR count). The molecule has 0 aliphatic rings. The molecular formula is C25H23FN2O4S. The lowest BCUT2D eigenvalue weighted by Gasteiger charge is -2.08. The number of nitrogens with zero attached hydrogens (tertiary/aromatic N) is 1. The van der Waals surface area contributed by atoms with Gasteiger partial charge in [-0.25, -0.2) is 12.8 Å². The number of halogens is 1. The number of aromatic nitrogens is 1. The van der Waals surface area contributed by atoms with Crippen LogP contribution in [0.15, 0.2) is 83.9 Å². The molecule has 0 bridgehead atoms. The zero-order valence-corrected chi connectivity index (χ0v) is 18.8. The quantitative estimate of drug-likeness (QED) is 0.405. The summed E-state index contributed by atoms with van der Waals surface area (Å²) in [5.74, 6) is -0.638. The van der Waals surface area contributed by atoms with E-state index >= 15 is 0 Å². The first-order valence-electron chi connectivity index (χ1n) is 10.4. The summed E-state index contributed by atoms with van der Waals surface area (Å²) in [6.45, 7) is 2.36. The van der Waals surface area contributed by atoms with Gasteiger partial charge in [-0.1, -0.05) is 36.4 Å². The lowest BCUT2D eigenvalue weighted by Crippen LogP contribution is -2.18. The van der Waals surface area contributed by atoms with Crippen molar-refractivity contribution in [2.24, 2.45) is 0 Å². The monoisotopic (exact) mass is 466 g/mol. The number of hydrogen-bond acceptors (Lipinski definition) is 4. The fraction of sp³-hybridized carbons (Fsp3) is 0.160. The van der Waals surface area contributed by atoms with Crippen LogP contribution in [-0.2, 0) is 26.9 Å². The second-order valence-electron chi connectivity index (χ2n) is 7.49. The number of nitrogens with one attached hydrogen (secondary N) is 1. The Morgan fingerprint density at radius 3 is 2.42 bits per heavy atom. The summed E-state index contributed by atoms with van der Waals surface area (Å²) in [5.41, 5.74) is 1.31. The maximum absolute atomic E-state index is 14.1. The van der Waals surface area contributed by atoms with Gasteiger partial charge in [-0.05, 0) is 43.3 Å². The Kier molecular flexibility index (Phi) is 6.46. The first-order chi connectivity index (χ1) is 15.9. The van der Waals surface area contributed by atoms with Gasteiger partial charge in [0.2, 0.25) is 5.91 Å². The van der Waals surface area contributed by atoms with Gasteiger partial charge in [0.1, 0.15) is 18.1 Å². The lowest BCUT2D eigenvalue weighted by atomic mass is 10.2. The highest BCUT2D eigenvalue weighted by Gasteiger charge is 2.23. The number of para-hydroxylation sites is 1. The Balaban J connectivity index is 1.59. The van der Waals surface area contributed by atoms with Crippen LogP contribution in [0.25, 0.3) is 10.9 Å². The van der Waals surface area contributed by atoms with Gasteiger partial charge in [0, 0.05) is 28.4 Å². The van der Waals surface area contributed by atoms with E-state index in [1.807, 2.05) is 6.92 Å². The topological polar surface area (TPSA) is 77.4 Å². The predicted octanol–water partition coefficient (Wildman–Crippen LogP) is 4.79. The van der Waals surface area contributed by atoms with Crippen LogP contribution < -0.4 is 10.1 Å². The highest BCUT2D eigenvalue weighted by molar-refractivity contribution is 7.90. The lowest BCUT2D eigenvalue weighted by molar-refractivity contribution is -0.116. The molecule has 8 heteroatoms. The number of anilines is 1. The summed E-state index contributed by atoms with van der Waals surface area (Å²) in [7, 11) is -3.85. The minimum atomic E-state index is -3.85. The van der Waals surface area contributed by atoms with Crippen LogP contribution in [-0.4, -0.2) is 25.5 Å². The number of sulfone groups is 1. The molecular weight excluding hydrogens is 443 g/mol. The van der Waals surface area contributed by atoms with Crippen LogP contribution in [0.3, 0.4) is 0 Å². The van der Waals surface area contributed by atoms with Crippen molar-refractivity contribution in [1.82, 2.24) is 4.57 Å². The highest BCUT2D eigenvalue weighted by Crippen LogP contribution is 2.28. The molecule has 170 valence electrons. The van der Waals surface area contributed by atoms with E-state index in [2.05, 4.69) is 5.32 Å². The molecule has 0 radical (unpaired) electrons. The van der Waals surface area contributed by atoms with Gasteiger partial charge in [-0.3, -0.25) is 4.79 Å². The molecule has 0 aliphatic carbocycles. The molecule has 1 aromatic heterocycles. The van der Waals surface area contributed by atoms with Gasteiger partial charge in [0.05, 0.1) is 17.3 Å². The number of rotatable bonds is 8. The minimum Gasteiger partial charge on any atom is -0.494 e. The fourth-order valence-electron chi connectivity index (χ4n) is 3.65. The third kappa shape index (κ3) is 5.06. The van der Waals surface area contributed by atoms with E-state index in [4.69, 9.17) is 4.74 Å². The van der Waals surface area contributed by atoms with Crippen molar-refractivity contribution in [2.45, 2.75) is 24.1 Å². The molecule has 4 aromatic rings. The molecule has 0 aliphatic heterocycles. The van der Waals surface area contributed by atoms with Crippen molar-refractivity contribution in [2.75, 3.05) is 11.9 Å². The maximum atomic E-state index is 14.1. The minimum absolute atomic E-state index is 0.0650. The standard InChI is InChI=1S/C25H23FN2O4S/c1-2-32-20-13-11-19(12-14-20)27-25(29)16-28-15-24(21-8-4-6-10-23(21)28)33(30,31)17-18-7-3-5-9-22(18)26/h3-15H,2,16-17H2,1H3,(H,27,29). The Bertz CT molecular complexity index is 1400. The van der Waals surface area contributed by atoms with Gasteiger partial charge in [-0.2, -0.15) is 0 Å². The maximum Gasteiger partial charge on any atom is 0.244 e. The molecule has 1 N–H and O–H groups in total. The van der Waals surface area contributed by atoms with Crippen molar-refractivity contribution < 1.29 is 22.3 Å². The molecule has 6 nitrogen and oxygen atoms in total. The normalized spacial score (nSPS) is 11.5. The van der Waals surface area contributed by atoms with E-state index in [1.165, 1.54) is 24.4 Å². The molecule has 1 heterocycles. The summed E-state index contributed by atoms with van der Waals surface area (Å²) in [6, 6.07) is 19.7. The molecule has 1 amide bonds. The van der Waals surface area contributed by atoms with E-state index in [9.17, 15) is 17.6 Å². The average Bonchev–Trinajstić information content (AvgIpc) is 3.16. The Morgan fingerprint density at radius 1 is 1.00 bits per heavy atom. The zero-order valence-electron chi connectivity index (χ0n) is 18.0. The van der Waals surface area contributed by atoms with Crippen LogP contribution in [0.4, 0.5) is 10.1 Å². The Hall–Kier alpha value is -3.65. The Morgan fingerprint density at radius 2 is 1.70 bits per heavy atom. The summed E-state index contributed by atoms with van der Waals surface area (Å²) in [4.78, 5) is 12.7. The van der Waals surface area contributed by atoms with Crippen molar-refractivity contribution in [3.63, 3.8) is 0 Å². The van der Waals surface area contributed by atoms with Crippen LogP contribution in [0.2, 0.25) is 0 Å². The molecule has 0 saturated heterocycles. The van der Waals surface area contributed by atoms with E-state index in [1.54, 1.807) is 59.2 Å². The van der Waals surface area contributed by atoms with Crippen LogP contribution in [0.1, 0.15) is 12.5 Å². The third-order valence-electron chi connectivity index (χ3n) is 5.15. The zero-order chi connectivity index (χ0) is 23.4. The second kappa shape index (κ2) is 9.46. The van der Waals surface area contributed by atoms with E-state index < -0.39 is 21.4 Å². The largest absolute Gasteiger partial charge is 0.494 e. The number of carbonyl (C=O) groups is 1. The number of ether oxygens (including phenoxy) is 1. The van der Waals surface area contributed by atoms with Gasteiger partial charge in [-0.15, -0.1) is 0 Å². The number of benzene rings is 3. The van der Waals surface area contributed by atoms with E-state index in [0.29, 0.717) is 28.9 Å². The smallest absolute Gasteiger partial charge is 0.244 e. The van der Waals surface area contributed by atoms with Crippen molar-refractivity contribution in [1.29, 1.82) is 0 Å². The molecule has 0 unspecified atom stereocenters. The predicted molar refractivity (Wildman–Crippen MR) is 125 cm³/mol. The fourth-order valence-corrected chi connectivity index (χ4v) is 5.24.